The van der Waals surface area contributed by atoms with Gasteiger partial charge in [0.15, 0.2) is 0 Å². The van der Waals surface area contributed by atoms with Crippen LogP contribution in [0.4, 0.5) is 13.2 Å². The molecule has 1 unspecified atom stereocenters. The van der Waals surface area contributed by atoms with Gasteiger partial charge in [-0.1, -0.05) is 18.2 Å². The van der Waals surface area contributed by atoms with Crippen molar-refractivity contribution in [3.8, 4) is 5.75 Å². The fraction of sp³-hybridized carbons (Fsp3) is 0.269. The monoisotopic (exact) mass is 499 g/mol. The van der Waals surface area contributed by atoms with Gasteiger partial charge in [0.25, 0.3) is 5.56 Å². The minimum atomic E-state index is -4.89. The summed E-state index contributed by atoms with van der Waals surface area (Å²) >= 11 is 0. The average Bonchev–Trinajstić information content (AvgIpc) is 2.84. The highest BCUT2D eigenvalue weighted by Crippen LogP contribution is 2.42. The van der Waals surface area contributed by atoms with Crippen LogP contribution in [0.25, 0.3) is 21.9 Å². The molecule has 0 bridgehead atoms. The van der Waals surface area contributed by atoms with Crippen molar-refractivity contribution in [1.82, 2.24) is 4.57 Å². The SMILES string of the molecule is COC(=O)CC(c1cc2cccc3c2n(c1=O)CCC3)c1c(O)ccc2c(C(F)(F)F)cc(=O)oc12. The molecule has 186 valence electrons. The number of carbonyl (C=O) groups excluding carboxylic acids is 1. The number of aryl methyl sites for hydroxylation is 2. The summed E-state index contributed by atoms with van der Waals surface area (Å²) in [6.45, 7) is 0.417. The minimum Gasteiger partial charge on any atom is -0.508 e. The molecular weight excluding hydrogens is 479 g/mol. The summed E-state index contributed by atoms with van der Waals surface area (Å²) in [5, 5.41) is 11.0. The minimum absolute atomic E-state index is 0.0646. The fourth-order valence-corrected chi connectivity index (χ4v) is 5.06. The number of methoxy groups -OCH3 is 1. The smallest absolute Gasteiger partial charge is 0.417 e. The molecule has 0 spiro atoms. The molecule has 3 heterocycles. The largest absolute Gasteiger partial charge is 0.508 e. The third kappa shape index (κ3) is 3.82. The highest BCUT2D eigenvalue weighted by Gasteiger charge is 2.36. The van der Waals surface area contributed by atoms with E-state index in [1.807, 2.05) is 12.1 Å². The lowest BCUT2D eigenvalue weighted by molar-refractivity contribution is -0.141. The molecule has 0 radical (unpaired) electrons. The highest BCUT2D eigenvalue weighted by molar-refractivity contribution is 5.88. The molecule has 5 rings (SSSR count). The number of esters is 1. The number of aromatic hydroxyl groups is 1. The lowest BCUT2D eigenvalue weighted by atomic mass is 9.85. The number of aromatic nitrogens is 1. The topological polar surface area (TPSA) is 98.7 Å². The number of rotatable bonds is 4. The van der Waals surface area contributed by atoms with Crippen LogP contribution in [0.2, 0.25) is 0 Å². The zero-order valence-electron chi connectivity index (χ0n) is 19.0. The molecule has 0 aliphatic carbocycles. The van der Waals surface area contributed by atoms with Gasteiger partial charge in [0.05, 0.1) is 24.6 Å². The Bertz CT molecular complexity index is 1650. The van der Waals surface area contributed by atoms with Crippen molar-refractivity contribution in [2.75, 3.05) is 7.11 Å². The molecule has 0 saturated carbocycles. The summed E-state index contributed by atoms with van der Waals surface area (Å²) < 4.78 is 52.7. The fourth-order valence-electron chi connectivity index (χ4n) is 5.06. The van der Waals surface area contributed by atoms with E-state index in [1.54, 1.807) is 16.7 Å². The van der Waals surface area contributed by atoms with Crippen LogP contribution in [-0.4, -0.2) is 22.8 Å². The molecule has 1 N–H and O–H groups in total. The van der Waals surface area contributed by atoms with E-state index in [-0.39, 0.29) is 11.1 Å². The third-order valence-corrected chi connectivity index (χ3v) is 6.61. The number of pyridine rings is 1. The zero-order chi connectivity index (χ0) is 25.8. The Hall–Kier alpha value is -4.08. The van der Waals surface area contributed by atoms with Crippen molar-refractivity contribution in [2.45, 2.75) is 37.9 Å². The first kappa shape index (κ1) is 23.7. The van der Waals surface area contributed by atoms with Gasteiger partial charge in [-0.25, -0.2) is 4.79 Å². The van der Waals surface area contributed by atoms with Crippen molar-refractivity contribution in [3.05, 3.63) is 85.5 Å². The van der Waals surface area contributed by atoms with Crippen LogP contribution in [0, 0.1) is 0 Å². The van der Waals surface area contributed by atoms with E-state index in [1.165, 1.54) is 0 Å². The predicted molar refractivity (Wildman–Crippen MR) is 124 cm³/mol. The Labute approximate surface area is 201 Å². The Kier molecular flexibility index (Phi) is 5.61. The first-order chi connectivity index (χ1) is 17.1. The molecule has 2 aromatic heterocycles. The van der Waals surface area contributed by atoms with Gasteiger partial charge >= 0.3 is 17.8 Å². The van der Waals surface area contributed by atoms with Crippen molar-refractivity contribution < 1.29 is 32.2 Å². The maximum Gasteiger partial charge on any atom is 0.417 e. The highest BCUT2D eigenvalue weighted by atomic mass is 19.4. The lowest BCUT2D eigenvalue weighted by Crippen LogP contribution is -2.30. The van der Waals surface area contributed by atoms with Crippen LogP contribution in [0.1, 0.15) is 41.0 Å². The molecule has 36 heavy (non-hydrogen) atoms. The first-order valence-corrected chi connectivity index (χ1v) is 11.2. The maximum atomic E-state index is 13.7. The van der Waals surface area contributed by atoms with Gasteiger partial charge in [-0.05, 0) is 42.0 Å². The standard InChI is InChI=1S/C26H20F3NO6/c1-35-20(32)11-16(17-10-14-5-2-4-13-6-3-9-30(23(13)14)25(17)34)22-19(31)8-7-15-18(26(27,28)29)12-21(33)36-24(15)22/h2,4-5,7-8,10,12,16,31H,3,6,9,11H2,1H3. The number of ether oxygens (including phenoxy) is 1. The summed E-state index contributed by atoms with van der Waals surface area (Å²) in [6.07, 6.45) is -3.87. The molecule has 2 aromatic carbocycles. The van der Waals surface area contributed by atoms with Crippen molar-refractivity contribution in [2.24, 2.45) is 0 Å². The van der Waals surface area contributed by atoms with Crippen molar-refractivity contribution in [1.29, 1.82) is 0 Å². The molecule has 4 aromatic rings. The molecular formula is C26H20F3NO6. The predicted octanol–water partition coefficient (Wildman–Crippen LogP) is 4.47. The molecule has 1 aliphatic heterocycles. The molecule has 0 fully saturated rings. The molecule has 10 heteroatoms. The zero-order valence-corrected chi connectivity index (χ0v) is 19.0. The normalized spacial score (nSPS) is 14.2. The van der Waals surface area contributed by atoms with Gasteiger partial charge < -0.3 is 18.8 Å². The molecule has 0 saturated heterocycles. The first-order valence-electron chi connectivity index (χ1n) is 11.2. The number of benzene rings is 2. The molecule has 1 aliphatic rings. The Balaban J connectivity index is 1.87. The second-order valence-corrected chi connectivity index (χ2v) is 8.70. The van der Waals surface area contributed by atoms with E-state index in [9.17, 15) is 32.7 Å². The van der Waals surface area contributed by atoms with Crippen molar-refractivity contribution in [3.63, 3.8) is 0 Å². The number of alkyl halides is 3. The van der Waals surface area contributed by atoms with Crippen LogP contribution in [0.15, 0.2) is 56.5 Å². The second kappa shape index (κ2) is 8.54. The van der Waals surface area contributed by atoms with E-state index in [0.717, 1.165) is 36.7 Å². The van der Waals surface area contributed by atoms with E-state index in [2.05, 4.69) is 0 Å². The van der Waals surface area contributed by atoms with Gasteiger partial charge in [-0.3, -0.25) is 9.59 Å². The second-order valence-electron chi connectivity index (χ2n) is 8.70. The molecule has 0 amide bonds. The van der Waals surface area contributed by atoms with Gasteiger partial charge in [0.1, 0.15) is 11.3 Å². The summed E-state index contributed by atoms with van der Waals surface area (Å²) in [6, 6.07) is 9.46. The summed E-state index contributed by atoms with van der Waals surface area (Å²) in [5.41, 5.74) is -1.99. The number of fused-ring (bicyclic) bond motifs is 1. The number of para-hydroxylation sites is 1. The average molecular weight is 499 g/mol. The number of nitrogens with zero attached hydrogens (tertiary/aromatic N) is 1. The van der Waals surface area contributed by atoms with E-state index < -0.39 is 58.0 Å². The van der Waals surface area contributed by atoms with Gasteiger partial charge in [0.2, 0.25) is 0 Å². The van der Waals surface area contributed by atoms with Crippen LogP contribution < -0.4 is 11.2 Å². The van der Waals surface area contributed by atoms with Gasteiger partial charge in [-0.2, -0.15) is 13.2 Å². The van der Waals surface area contributed by atoms with Crippen LogP contribution in [-0.2, 0) is 28.7 Å². The van der Waals surface area contributed by atoms with Gasteiger partial charge in [-0.15, -0.1) is 0 Å². The maximum absolute atomic E-state index is 13.7. The Morgan fingerprint density at radius 1 is 1.19 bits per heavy atom. The summed E-state index contributed by atoms with van der Waals surface area (Å²) in [5.74, 6) is -2.54. The van der Waals surface area contributed by atoms with Crippen LogP contribution in [0.5, 0.6) is 5.75 Å². The van der Waals surface area contributed by atoms with E-state index in [4.69, 9.17) is 9.15 Å². The lowest BCUT2D eigenvalue weighted by Gasteiger charge is -2.24. The molecule has 7 nitrogen and oxygen atoms in total. The summed E-state index contributed by atoms with van der Waals surface area (Å²) in [4.78, 5) is 38.2. The Morgan fingerprint density at radius 3 is 2.69 bits per heavy atom. The van der Waals surface area contributed by atoms with Crippen LogP contribution in [0.3, 0.4) is 0 Å². The number of phenols is 1. The number of halogens is 3. The Morgan fingerprint density at radius 2 is 1.97 bits per heavy atom. The van der Waals surface area contributed by atoms with Crippen LogP contribution >= 0.6 is 0 Å². The van der Waals surface area contributed by atoms with E-state index >= 15 is 0 Å². The number of hydrogen-bond acceptors (Lipinski definition) is 6. The number of hydrogen-bond donors (Lipinski definition) is 1. The quantitative estimate of drug-likeness (QED) is 0.329. The number of phenolic OH excluding ortho intramolecular Hbond substituents is 1. The third-order valence-electron chi connectivity index (χ3n) is 6.61. The molecule has 1 atom stereocenters. The van der Waals surface area contributed by atoms with E-state index in [0.29, 0.717) is 24.4 Å². The number of carbonyl (C=O) groups is 1. The van der Waals surface area contributed by atoms with Gasteiger partial charge in [0, 0.05) is 35.0 Å². The van der Waals surface area contributed by atoms with Crippen molar-refractivity contribution >= 4 is 27.8 Å². The summed E-state index contributed by atoms with van der Waals surface area (Å²) in [7, 11) is 1.13.